The maximum absolute atomic E-state index is 12.9. The minimum atomic E-state index is -0.591. The molecular weight excluding hydrogens is 366 g/mol. The second kappa shape index (κ2) is 8.64. The average Bonchev–Trinajstić information content (AvgIpc) is 2.66. The summed E-state index contributed by atoms with van der Waals surface area (Å²) >= 11 is 0. The van der Waals surface area contributed by atoms with Gasteiger partial charge in [-0.3, -0.25) is 15.1 Å². The standard InChI is InChI=1S/C23H29N3O3/c1-16-6-5-7-18(12-16)17-8-10-26(11-9-17)21(27)19-13-20(15-24-14-19)25-22(28)29-23(2,3)4/h5-7,12-15,17H,8-11H2,1-4H3,(H,25,28). The van der Waals surface area contributed by atoms with Gasteiger partial charge >= 0.3 is 6.09 Å². The van der Waals surface area contributed by atoms with Crippen molar-refractivity contribution in [3.05, 3.63) is 59.4 Å². The zero-order valence-electron chi connectivity index (χ0n) is 17.6. The third-order valence-corrected chi connectivity index (χ3v) is 4.93. The first-order valence-corrected chi connectivity index (χ1v) is 10.0. The van der Waals surface area contributed by atoms with E-state index in [4.69, 9.17) is 4.74 Å². The molecule has 1 N–H and O–H groups in total. The van der Waals surface area contributed by atoms with E-state index in [1.807, 2.05) is 4.90 Å². The number of aromatic nitrogens is 1. The molecule has 6 nitrogen and oxygen atoms in total. The number of likely N-dealkylation sites (tertiary alicyclic amines) is 1. The zero-order valence-corrected chi connectivity index (χ0v) is 17.6. The van der Waals surface area contributed by atoms with Crippen LogP contribution in [0.2, 0.25) is 0 Å². The van der Waals surface area contributed by atoms with Crippen molar-refractivity contribution in [2.24, 2.45) is 0 Å². The molecule has 0 unspecified atom stereocenters. The molecule has 2 aromatic rings. The quantitative estimate of drug-likeness (QED) is 0.813. The van der Waals surface area contributed by atoms with E-state index >= 15 is 0 Å². The smallest absolute Gasteiger partial charge is 0.412 e. The Morgan fingerprint density at radius 3 is 2.52 bits per heavy atom. The van der Waals surface area contributed by atoms with Crippen molar-refractivity contribution in [1.82, 2.24) is 9.88 Å². The zero-order chi connectivity index (χ0) is 21.0. The molecule has 2 amide bonds. The van der Waals surface area contributed by atoms with Crippen molar-refractivity contribution in [2.75, 3.05) is 18.4 Å². The lowest BCUT2D eigenvalue weighted by Crippen LogP contribution is -2.38. The summed E-state index contributed by atoms with van der Waals surface area (Å²) in [6.07, 6.45) is 4.36. The molecule has 1 aromatic heterocycles. The number of piperidine rings is 1. The van der Waals surface area contributed by atoms with Crippen molar-refractivity contribution in [2.45, 2.75) is 52.1 Å². The van der Waals surface area contributed by atoms with Crippen LogP contribution >= 0.6 is 0 Å². The minimum absolute atomic E-state index is 0.0620. The van der Waals surface area contributed by atoms with Crippen molar-refractivity contribution in [3.8, 4) is 0 Å². The summed E-state index contributed by atoms with van der Waals surface area (Å²) in [5.41, 5.74) is 2.93. The van der Waals surface area contributed by atoms with Crippen LogP contribution in [-0.4, -0.2) is 40.6 Å². The molecule has 1 fully saturated rings. The van der Waals surface area contributed by atoms with Gasteiger partial charge in [0.25, 0.3) is 5.91 Å². The van der Waals surface area contributed by atoms with Crippen LogP contribution in [0.25, 0.3) is 0 Å². The summed E-state index contributed by atoms with van der Waals surface area (Å²) in [7, 11) is 0. The van der Waals surface area contributed by atoms with Crippen molar-refractivity contribution in [1.29, 1.82) is 0 Å². The van der Waals surface area contributed by atoms with E-state index in [1.54, 1.807) is 26.8 Å². The van der Waals surface area contributed by atoms with E-state index in [9.17, 15) is 9.59 Å². The number of carbonyl (C=O) groups is 2. The molecule has 1 saturated heterocycles. The number of anilines is 1. The van der Waals surface area contributed by atoms with Gasteiger partial charge in [0.2, 0.25) is 0 Å². The van der Waals surface area contributed by atoms with Crippen LogP contribution < -0.4 is 5.32 Å². The molecule has 0 bridgehead atoms. The number of hydrogen-bond donors (Lipinski definition) is 1. The van der Waals surface area contributed by atoms with Crippen molar-refractivity contribution >= 4 is 17.7 Å². The van der Waals surface area contributed by atoms with E-state index in [0.717, 1.165) is 12.8 Å². The van der Waals surface area contributed by atoms with Gasteiger partial charge in [-0.2, -0.15) is 0 Å². The molecule has 0 spiro atoms. The van der Waals surface area contributed by atoms with Gasteiger partial charge in [0.15, 0.2) is 0 Å². The predicted molar refractivity (Wildman–Crippen MR) is 113 cm³/mol. The number of aryl methyl sites for hydroxylation is 1. The Hall–Kier alpha value is -2.89. The van der Waals surface area contributed by atoms with Gasteiger partial charge in [-0.25, -0.2) is 4.79 Å². The van der Waals surface area contributed by atoms with Crippen molar-refractivity contribution < 1.29 is 14.3 Å². The molecule has 1 aliphatic rings. The second-order valence-corrected chi connectivity index (χ2v) is 8.57. The molecule has 154 valence electrons. The Labute approximate surface area is 172 Å². The molecule has 0 radical (unpaired) electrons. The van der Waals surface area contributed by atoms with Gasteiger partial charge in [-0.1, -0.05) is 29.8 Å². The first kappa shape index (κ1) is 20.8. The van der Waals surface area contributed by atoms with Gasteiger partial charge < -0.3 is 9.64 Å². The topological polar surface area (TPSA) is 71.5 Å². The van der Waals surface area contributed by atoms with Gasteiger partial charge in [0, 0.05) is 19.3 Å². The lowest BCUT2D eigenvalue weighted by molar-refractivity contribution is 0.0634. The molecule has 3 rings (SSSR count). The summed E-state index contributed by atoms with van der Waals surface area (Å²) in [4.78, 5) is 30.8. The van der Waals surface area contributed by atoms with E-state index in [-0.39, 0.29) is 5.91 Å². The number of nitrogens with one attached hydrogen (secondary N) is 1. The van der Waals surface area contributed by atoms with Gasteiger partial charge in [-0.05, 0) is 58.1 Å². The molecule has 0 saturated carbocycles. The van der Waals surface area contributed by atoms with Crippen LogP contribution in [0.5, 0.6) is 0 Å². The Kier molecular flexibility index (Phi) is 6.20. The maximum atomic E-state index is 12.9. The first-order valence-electron chi connectivity index (χ1n) is 10.0. The van der Waals surface area contributed by atoms with Crippen LogP contribution in [-0.2, 0) is 4.74 Å². The first-order chi connectivity index (χ1) is 13.7. The number of hydrogen-bond acceptors (Lipinski definition) is 4. The van der Waals surface area contributed by atoms with Crippen molar-refractivity contribution in [3.63, 3.8) is 0 Å². The number of ether oxygens (including phenoxy) is 1. The molecule has 29 heavy (non-hydrogen) atoms. The van der Waals surface area contributed by atoms with Gasteiger partial charge in [0.05, 0.1) is 17.4 Å². The highest BCUT2D eigenvalue weighted by molar-refractivity contribution is 5.96. The summed E-state index contributed by atoms with van der Waals surface area (Å²) in [5.74, 6) is 0.422. The van der Waals surface area contributed by atoms with E-state index in [0.29, 0.717) is 30.3 Å². The lowest BCUT2D eigenvalue weighted by atomic mass is 9.88. The van der Waals surface area contributed by atoms with Crippen LogP contribution in [0, 0.1) is 6.92 Å². The average molecular weight is 396 g/mol. The van der Waals surface area contributed by atoms with Gasteiger partial charge in [-0.15, -0.1) is 0 Å². The number of carbonyl (C=O) groups excluding carboxylic acids is 2. The number of amides is 2. The molecule has 0 atom stereocenters. The van der Waals surface area contributed by atoms with Gasteiger partial charge in [0.1, 0.15) is 5.60 Å². The number of benzene rings is 1. The van der Waals surface area contributed by atoms with E-state index < -0.39 is 11.7 Å². The van der Waals surface area contributed by atoms with E-state index in [2.05, 4.69) is 41.5 Å². The Morgan fingerprint density at radius 2 is 1.86 bits per heavy atom. The molecule has 6 heteroatoms. The predicted octanol–water partition coefficient (Wildman–Crippen LogP) is 4.76. The fourth-order valence-electron chi connectivity index (χ4n) is 3.57. The van der Waals surface area contributed by atoms with Crippen LogP contribution in [0.1, 0.15) is 61.0 Å². The fraction of sp³-hybridized carbons (Fsp3) is 0.435. The van der Waals surface area contributed by atoms with Crippen LogP contribution in [0.4, 0.5) is 10.5 Å². The minimum Gasteiger partial charge on any atom is -0.444 e. The summed E-state index contributed by atoms with van der Waals surface area (Å²) in [5, 5.41) is 2.64. The highest BCUT2D eigenvalue weighted by Gasteiger charge is 2.25. The highest BCUT2D eigenvalue weighted by atomic mass is 16.6. The molecule has 2 heterocycles. The second-order valence-electron chi connectivity index (χ2n) is 8.57. The van der Waals surface area contributed by atoms with Crippen LogP contribution in [0.15, 0.2) is 42.7 Å². The molecular formula is C23H29N3O3. The maximum Gasteiger partial charge on any atom is 0.412 e. The normalized spacial score (nSPS) is 15.1. The summed E-state index contributed by atoms with van der Waals surface area (Å²) in [6.45, 7) is 8.91. The molecule has 1 aromatic carbocycles. The molecule has 1 aliphatic heterocycles. The van der Waals surface area contributed by atoms with Crippen LogP contribution in [0.3, 0.4) is 0 Å². The summed E-state index contributed by atoms with van der Waals surface area (Å²) < 4.78 is 5.25. The number of rotatable bonds is 3. The molecule has 0 aliphatic carbocycles. The Morgan fingerprint density at radius 1 is 1.14 bits per heavy atom. The number of nitrogens with zero attached hydrogens (tertiary/aromatic N) is 2. The number of pyridine rings is 1. The lowest BCUT2D eigenvalue weighted by Gasteiger charge is -2.32. The Bertz CT molecular complexity index is 881. The monoisotopic (exact) mass is 395 g/mol. The van der Waals surface area contributed by atoms with E-state index in [1.165, 1.54) is 23.5 Å². The highest BCUT2D eigenvalue weighted by Crippen LogP contribution is 2.29. The Balaban J connectivity index is 1.60. The third kappa shape index (κ3) is 5.79. The SMILES string of the molecule is Cc1cccc(C2CCN(C(=O)c3cncc(NC(=O)OC(C)(C)C)c3)CC2)c1. The third-order valence-electron chi connectivity index (χ3n) is 4.93. The fourth-order valence-corrected chi connectivity index (χ4v) is 3.57. The largest absolute Gasteiger partial charge is 0.444 e. The summed E-state index contributed by atoms with van der Waals surface area (Å²) in [6, 6.07) is 10.2.